The van der Waals surface area contributed by atoms with Crippen molar-refractivity contribution in [3.8, 4) is 0 Å². The van der Waals surface area contributed by atoms with Gasteiger partial charge in [0.25, 0.3) is 0 Å². The maximum atomic E-state index is 13.0. The molecule has 3 nitrogen and oxygen atoms in total. The molecule has 1 aromatic carbocycles. The summed E-state index contributed by atoms with van der Waals surface area (Å²) in [5.41, 5.74) is 3.65. The van der Waals surface area contributed by atoms with E-state index in [9.17, 15) is 5.11 Å². The molecule has 5 heteroatoms. The molecule has 2 aromatic heterocycles. The van der Waals surface area contributed by atoms with E-state index in [0.717, 1.165) is 11.3 Å². The van der Waals surface area contributed by atoms with Crippen LogP contribution in [0.15, 0.2) is 66.3 Å². The van der Waals surface area contributed by atoms with Gasteiger partial charge in [0.15, 0.2) is 17.4 Å². The summed E-state index contributed by atoms with van der Waals surface area (Å²) in [4.78, 5) is 1.07. The molecule has 0 atom stereocenters. The van der Waals surface area contributed by atoms with Crippen molar-refractivity contribution in [2.24, 2.45) is 0 Å². The molecule has 25 heavy (non-hydrogen) atoms. The first-order valence-electron chi connectivity index (χ1n) is 7.87. The van der Waals surface area contributed by atoms with E-state index in [4.69, 9.17) is 12.2 Å². The van der Waals surface area contributed by atoms with Gasteiger partial charge in [-0.05, 0) is 48.2 Å². The van der Waals surface area contributed by atoms with Crippen molar-refractivity contribution in [1.29, 1.82) is 0 Å². The van der Waals surface area contributed by atoms with Crippen LogP contribution >= 0.6 is 23.6 Å². The number of rotatable bonds is 4. The molecule has 0 saturated carbocycles. The molecule has 3 rings (SSSR count). The van der Waals surface area contributed by atoms with E-state index in [1.54, 1.807) is 4.57 Å². The first kappa shape index (κ1) is 17.3. The summed E-state index contributed by atoms with van der Waals surface area (Å²) < 4.78 is 1.77. The van der Waals surface area contributed by atoms with E-state index in [2.05, 4.69) is 18.3 Å². The normalized spacial score (nSPS) is 11.8. The Kier molecular flexibility index (Phi) is 5.26. The standard InChI is InChI=1S/C20H18N2OS2/c1-14-8-6-9-16(15(14)2)21-20(24)18(22-11-4-3-5-12-22)19(23)17-10-7-13-25-17/h3-13H,1-2H3,(H-,21,23,24). The number of nitrogens with one attached hydrogen (secondary N) is 1. The minimum atomic E-state index is -0.0889. The summed E-state index contributed by atoms with van der Waals surface area (Å²) in [5, 5.41) is 18.2. The number of benzene rings is 1. The van der Waals surface area contributed by atoms with Gasteiger partial charge in [-0.2, -0.15) is 4.57 Å². The van der Waals surface area contributed by atoms with E-state index >= 15 is 0 Å². The van der Waals surface area contributed by atoms with Gasteiger partial charge in [0.2, 0.25) is 5.70 Å². The van der Waals surface area contributed by atoms with Crippen LogP contribution in [0.3, 0.4) is 0 Å². The van der Waals surface area contributed by atoms with Gasteiger partial charge in [-0.3, -0.25) is 0 Å². The SMILES string of the molecule is Cc1cccc(NC(=S)C(=C([O-])c2cccs2)[n+]2ccccc2)c1C. The van der Waals surface area contributed by atoms with Gasteiger partial charge < -0.3 is 10.4 Å². The fraction of sp³-hybridized carbons (Fsp3) is 0.100. The lowest BCUT2D eigenvalue weighted by atomic mass is 10.1. The third kappa shape index (κ3) is 3.78. The van der Waals surface area contributed by atoms with Crippen molar-refractivity contribution in [1.82, 2.24) is 0 Å². The monoisotopic (exact) mass is 366 g/mol. The molecule has 0 bridgehead atoms. The lowest BCUT2D eigenvalue weighted by molar-refractivity contribution is -0.577. The Hall–Kier alpha value is -2.50. The van der Waals surface area contributed by atoms with Gasteiger partial charge >= 0.3 is 0 Å². The van der Waals surface area contributed by atoms with E-state index in [-0.39, 0.29) is 5.76 Å². The van der Waals surface area contributed by atoms with E-state index in [1.807, 2.05) is 67.2 Å². The number of aryl methyl sites for hydroxylation is 1. The number of thiophene rings is 1. The predicted molar refractivity (Wildman–Crippen MR) is 106 cm³/mol. The van der Waals surface area contributed by atoms with Crippen LogP contribution in [0, 0.1) is 13.8 Å². The highest BCUT2D eigenvalue weighted by molar-refractivity contribution is 7.81. The van der Waals surface area contributed by atoms with Crippen LogP contribution in [0.1, 0.15) is 16.0 Å². The van der Waals surface area contributed by atoms with Crippen LogP contribution in [-0.4, -0.2) is 4.99 Å². The molecular formula is C20H18N2OS2. The van der Waals surface area contributed by atoms with Gasteiger partial charge in [0.05, 0.1) is 0 Å². The third-order valence-corrected chi connectivity index (χ3v) is 5.17. The van der Waals surface area contributed by atoms with Crippen molar-refractivity contribution >= 4 is 45.7 Å². The smallest absolute Gasteiger partial charge is 0.239 e. The Morgan fingerprint density at radius 2 is 1.80 bits per heavy atom. The number of pyridine rings is 1. The van der Waals surface area contributed by atoms with Crippen molar-refractivity contribution < 1.29 is 9.67 Å². The van der Waals surface area contributed by atoms with Gasteiger partial charge in [0, 0.05) is 22.7 Å². The molecule has 0 amide bonds. The van der Waals surface area contributed by atoms with Gasteiger partial charge in [0.1, 0.15) is 0 Å². The number of anilines is 1. The molecule has 2 heterocycles. The molecule has 0 aliphatic carbocycles. The molecule has 1 N–H and O–H groups in total. The lowest BCUT2D eigenvalue weighted by Crippen LogP contribution is -2.39. The van der Waals surface area contributed by atoms with Crippen molar-refractivity contribution in [3.63, 3.8) is 0 Å². The fourth-order valence-corrected chi connectivity index (χ4v) is 3.45. The molecule has 0 aliphatic heterocycles. The molecule has 0 aliphatic rings. The average Bonchev–Trinajstić information content (AvgIpc) is 3.15. The van der Waals surface area contributed by atoms with E-state index < -0.39 is 0 Å². The van der Waals surface area contributed by atoms with Crippen LogP contribution in [0.5, 0.6) is 0 Å². The molecule has 3 aromatic rings. The minimum Gasteiger partial charge on any atom is -0.867 e. The summed E-state index contributed by atoms with van der Waals surface area (Å²) in [6.45, 7) is 4.09. The zero-order valence-electron chi connectivity index (χ0n) is 14.0. The summed E-state index contributed by atoms with van der Waals surface area (Å²) in [7, 11) is 0. The summed E-state index contributed by atoms with van der Waals surface area (Å²) in [5.74, 6) is -0.0889. The summed E-state index contributed by atoms with van der Waals surface area (Å²) >= 11 is 7.02. The average molecular weight is 367 g/mol. The molecule has 126 valence electrons. The molecule has 0 spiro atoms. The number of nitrogens with zero attached hydrogens (tertiary/aromatic N) is 1. The Morgan fingerprint density at radius 1 is 1.04 bits per heavy atom. The zero-order chi connectivity index (χ0) is 17.8. The van der Waals surface area contributed by atoms with Crippen LogP contribution in [0.2, 0.25) is 0 Å². The van der Waals surface area contributed by atoms with Gasteiger partial charge in [-0.1, -0.05) is 36.5 Å². The first-order valence-corrected chi connectivity index (χ1v) is 9.16. The highest BCUT2D eigenvalue weighted by Crippen LogP contribution is 2.23. The number of hydrogen-bond acceptors (Lipinski definition) is 3. The van der Waals surface area contributed by atoms with Gasteiger partial charge in [-0.25, -0.2) is 0 Å². The van der Waals surface area contributed by atoms with E-state index in [1.165, 1.54) is 16.9 Å². The van der Waals surface area contributed by atoms with Crippen molar-refractivity contribution in [3.05, 3.63) is 82.3 Å². The van der Waals surface area contributed by atoms with Crippen molar-refractivity contribution in [2.75, 3.05) is 5.32 Å². The number of hydrogen-bond donors (Lipinski definition) is 1. The second-order valence-electron chi connectivity index (χ2n) is 5.64. The summed E-state index contributed by atoms with van der Waals surface area (Å²) in [6, 6.07) is 15.3. The molecule has 0 unspecified atom stereocenters. The second kappa shape index (κ2) is 7.59. The van der Waals surface area contributed by atoms with Crippen LogP contribution < -0.4 is 15.0 Å². The highest BCUT2D eigenvalue weighted by Gasteiger charge is 2.19. The maximum Gasteiger partial charge on any atom is 0.239 e. The molecular weight excluding hydrogens is 348 g/mol. The quantitative estimate of drug-likeness (QED) is 0.331. The van der Waals surface area contributed by atoms with Gasteiger partial charge in [-0.15, -0.1) is 11.3 Å². The lowest BCUT2D eigenvalue weighted by Gasteiger charge is -2.16. The summed E-state index contributed by atoms with van der Waals surface area (Å²) in [6.07, 6.45) is 3.66. The maximum absolute atomic E-state index is 13.0. The molecule has 0 fully saturated rings. The Balaban J connectivity index is 2.05. The highest BCUT2D eigenvalue weighted by atomic mass is 32.1. The topological polar surface area (TPSA) is 39.0 Å². The largest absolute Gasteiger partial charge is 0.867 e. The second-order valence-corrected chi connectivity index (χ2v) is 7.00. The molecule has 0 radical (unpaired) electrons. The van der Waals surface area contributed by atoms with E-state index in [0.29, 0.717) is 15.6 Å². The third-order valence-electron chi connectivity index (χ3n) is 4.00. The van der Waals surface area contributed by atoms with Crippen LogP contribution in [0.25, 0.3) is 11.5 Å². The molecule has 0 saturated heterocycles. The number of thiocarbonyl (C=S) groups is 1. The van der Waals surface area contributed by atoms with Crippen LogP contribution in [-0.2, 0) is 0 Å². The first-order chi connectivity index (χ1) is 12.1. The Bertz CT molecular complexity index is 916. The Labute approximate surface area is 156 Å². The zero-order valence-corrected chi connectivity index (χ0v) is 15.7. The minimum absolute atomic E-state index is 0.0889. The fourth-order valence-electron chi connectivity index (χ4n) is 2.48. The number of aromatic nitrogens is 1. The Morgan fingerprint density at radius 3 is 2.48 bits per heavy atom. The van der Waals surface area contributed by atoms with Crippen molar-refractivity contribution in [2.45, 2.75) is 13.8 Å². The predicted octanol–water partition coefficient (Wildman–Crippen LogP) is 3.78. The van der Waals surface area contributed by atoms with Crippen LogP contribution in [0.4, 0.5) is 5.69 Å².